The van der Waals surface area contributed by atoms with Crippen LogP contribution in [0.2, 0.25) is 0 Å². The quantitative estimate of drug-likeness (QED) is 0.335. The molecule has 0 bridgehead atoms. The van der Waals surface area contributed by atoms with Gasteiger partial charge in [0.25, 0.3) is 5.69 Å². The lowest BCUT2D eigenvalue weighted by Gasteiger charge is -2.32. The van der Waals surface area contributed by atoms with Gasteiger partial charge in [0.2, 0.25) is 21.8 Å². The largest absolute Gasteiger partial charge is 0.495 e. The fraction of sp³-hybridized carbons (Fsp3) is 0.440. The van der Waals surface area contributed by atoms with Crippen molar-refractivity contribution >= 4 is 33.2 Å². The molecule has 1 unspecified atom stereocenters. The van der Waals surface area contributed by atoms with Crippen molar-refractivity contribution in [1.82, 2.24) is 10.2 Å². The van der Waals surface area contributed by atoms with Crippen LogP contribution in [-0.4, -0.2) is 62.0 Å². The van der Waals surface area contributed by atoms with Crippen molar-refractivity contribution in [2.45, 2.75) is 51.2 Å². The standard InChI is InChI=1S/C25H31FN4O7S/c1-17(25(32)27-19-9-5-6-10-19)28(15-18-8-4-7-11-21(18)26)24(31)16-29(38(3,35)36)22-14-20(30(33)34)12-13-23(22)37-2/h4,7-8,11-14,17,19H,5-6,9-10,15-16H2,1-3H3,(H,27,32). The van der Waals surface area contributed by atoms with Crippen LogP contribution in [-0.2, 0) is 26.2 Å². The fourth-order valence-corrected chi connectivity index (χ4v) is 5.21. The van der Waals surface area contributed by atoms with Crippen molar-refractivity contribution < 1.29 is 32.1 Å². The molecular weight excluding hydrogens is 519 g/mol. The summed E-state index contributed by atoms with van der Waals surface area (Å²) < 4.78 is 45.9. The van der Waals surface area contributed by atoms with Crippen LogP contribution in [0.15, 0.2) is 42.5 Å². The van der Waals surface area contributed by atoms with Crippen LogP contribution in [0.25, 0.3) is 0 Å². The zero-order valence-corrected chi connectivity index (χ0v) is 22.2. The second-order valence-corrected chi connectivity index (χ2v) is 11.1. The highest BCUT2D eigenvalue weighted by Crippen LogP contribution is 2.34. The SMILES string of the molecule is COc1ccc([N+](=O)[O-])cc1N(CC(=O)N(Cc1ccccc1F)C(C)C(=O)NC1CCCC1)S(C)(=O)=O. The summed E-state index contributed by atoms with van der Waals surface area (Å²) in [7, 11) is -2.90. The molecule has 11 nitrogen and oxygen atoms in total. The normalized spacial score (nSPS) is 14.5. The summed E-state index contributed by atoms with van der Waals surface area (Å²) in [4.78, 5) is 38.4. The molecule has 0 aliphatic heterocycles. The maximum atomic E-state index is 14.5. The predicted octanol–water partition coefficient (Wildman–Crippen LogP) is 2.98. The van der Waals surface area contributed by atoms with Crippen LogP contribution < -0.4 is 14.4 Å². The molecule has 1 N–H and O–H groups in total. The number of amides is 2. The van der Waals surface area contributed by atoms with Crippen LogP contribution in [0.1, 0.15) is 38.2 Å². The van der Waals surface area contributed by atoms with E-state index in [1.807, 2.05) is 0 Å². The van der Waals surface area contributed by atoms with E-state index in [-0.39, 0.29) is 29.6 Å². The van der Waals surface area contributed by atoms with Crippen molar-refractivity contribution in [3.05, 3.63) is 64.0 Å². The van der Waals surface area contributed by atoms with Gasteiger partial charge < -0.3 is 15.0 Å². The molecule has 0 heterocycles. The summed E-state index contributed by atoms with van der Waals surface area (Å²) in [5, 5.41) is 14.3. The summed E-state index contributed by atoms with van der Waals surface area (Å²) in [5.74, 6) is -1.85. The third kappa shape index (κ3) is 6.97. The van der Waals surface area contributed by atoms with E-state index in [4.69, 9.17) is 4.74 Å². The molecule has 0 radical (unpaired) electrons. The van der Waals surface area contributed by atoms with Gasteiger partial charge in [0.05, 0.1) is 18.3 Å². The van der Waals surface area contributed by atoms with E-state index in [0.717, 1.165) is 49.0 Å². The molecule has 3 rings (SSSR count). The molecule has 2 aromatic rings. The molecule has 2 amide bonds. The lowest BCUT2D eigenvalue weighted by atomic mass is 10.1. The molecule has 1 aliphatic carbocycles. The topological polar surface area (TPSA) is 139 Å². The third-order valence-corrected chi connectivity index (χ3v) is 7.61. The van der Waals surface area contributed by atoms with Crippen molar-refractivity contribution in [3.63, 3.8) is 0 Å². The number of benzene rings is 2. The van der Waals surface area contributed by atoms with Gasteiger partial charge >= 0.3 is 0 Å². The van der Waals surface area contributed by atoms with Gasteiger partial charge in [-0.2, -0.15) is 0 Å². The second kappa shape index (κ2) is 12.2. The number of carbonyl (C=O) groups is 2. The average molecular weight is 551 g/mol. The summed E-state index contributed by atoms with van der Waals surface area (Å²) in [6, 6.07) is 8.03. The highest BCUT2D eigenvalue weighted by molar-refractivity contribution is 7.92. The lowest BCUT2D eigenvalue weighted by molar-refractivity contribution is -0.384. The third-order valence-electron chi connectivity index (χ3n) is 6.49. The zero-order valence-electron chi connectivity index (χ0n) is 21.4. The molecule has 0 aromatic heterocycles. The van der Waals surface area contributed by atoms with Gasteiger partial charge in [0, 0.05) is 30.3 Å². The Hall–Kier alpha value is -3.74. The number of non-ortho nitro benzene ring substituents is 1. The number of hydrogen-bond acceptors (Lipinski definition) is 7. The van der Waals surface area contributed by atoms with E-state index in [0.29, 0.717) is 4.31 Å². The number of nitro groups is 1. The van der Waals surface area contributed by atoms with Crippen LogP contribution in [0.5, 0.6) is 5.75 Å². The zero-order chi connectivity index (χ0) is 28.0. The van der Waals surface area contributed by atoms with E-state index in [1.54, 1.807) is 6.07 Å². The molecule has 13 heteroatoms. The number of sulfonamides is 1. The van der Waals surface area contributed by atoms with Crippen LogP contribution in [0.3, 0.4) is 0 Å². The van der Waals surface area contributed by atoms with E-state index >= 15 is 0 Å². The van der Waals surface area contributed by atoms with Crippen molar-refractivity contribution in [3.8, 4) is 5.75 Å². The van der Waals surface area contributed by atoms with Crippen LogP contribution in [0, 0.1) is 15.9 Å². The monoisotopic (exact) mass is 550 g/mol. The van der Waals surface area contributed by atoms with Crippen molar-refractivity contribution in [1.29, 1.82) is 0 Å². The van der Waals surface area contributed by atoms with Gasteiger partial charge in [-0.1, -0.05) is 31.0 Å². The number of rotatable bonds is 11. The summed E-state index contributed by atoms with van der Waals surface area (Å²) in [6.45, 7) is 0.391. The minimum atomic E-state index is -4.16. The van der Waals surface area contributed by atoms with Crippen molar-refractivity contribution in [2.24, 2.45) is 0 Å². The Morgan fingerprint density at radius 3 is 2.45 bits per heavy atom. The predicted molar refractivity (Wildman–Crippen MR) is 139 cm³/mol. The van der Waals surface area contributed by atoms with Crippen molar-refractivity contribution in [2.75, 3.05) is 24.2 Å². The Labute approximate surface area is 220 Å². The van der Waals surface area contributed by atoms with Crippen LogP contribution in [0.4, 0.5) is 15.8 Å². The lowest BCUT2D eigenvalue weighted by Crippen LogP contribution is -2.52. The smallest absolute Gasteiger partial charge is 0.271 e. The number of halogens is 1. The Balaban J connectivity index is 1.98. The Morgan fingerprint density at radius 1 is 1.21 bits per heavy atom. The maximum absolute atomic E-state index is 14.5. The van der Waals surface area contributed by atoms with Crippen LogP contribution >= 0.6 is 0 Å². The number of nitrogens with zero attached hydrogens (tertiary/aromatic N) is 3. The highest BCUT2D eigenvalue weighted by Gasteiger charge is 2.33. The Morgan fingerprint density at radius 2 is 1.87 bits per heavy atom. The number of nitrogens with one attached hydrogen (secondary N) is 1. The molecule has 38 heavy (non-hydrogen) atoms. The first-order chi connectivity index (χ1) is 17.9. The molecule has 206 valence electrons. The molecule has 1 saturated carbocycles. The average Bonchev–Trinajstić information content (AvgIpc) is 3.38. The molecule has 1 fully saturated rings. The molecule has 1 aliphatic rings. The van der Waals surface area contributed by atoms with E-state index in [1.165, 1.54) is 38.3 Å². The molecule has 2 aromatic carbocycles. The van der Waals surface area contributed by atoms with Gasteiger partial charge in [-0.3, -0.25) is 24.0 Å². The second-order valence-electron chi connectivity index (χ2n) is 9.16. The van der Waals surface area contributed by atoms with Gasteiger partial charge in [-0.05, 0) is 31.9 Å². The summed E-state index contributed by atoms with van der Waals surface area (Å²) in [6.07, 6.45) is 4.43. The maximum Gasteiger partial charge on any atom is 0.271 e. The first kappa shape index (κ1) is 28.8. The number of ether oxygens (including phenoxy) is 1. The Kier molecular flexibility index (Phi) is 9.26. The Bertz CT molecular complexity index is 1300. The highest BCUT2D eigenvalue weighted by atomic mass is 32.2. The van der Waals surface area contributed by atoms with E-state index in [2.05, 4.69) is 5.32 Å². The minimum Gasteiger partial charge on any atom is -0.495 e. The van der Waals surface area contributed by atoms with E-state index in [9.17, 15) is 32.5 Å². The van der Waals surface area contributed by atoms with Gasteiger partial charge in [0.1, 0.15) is 29.8 Å². The number of anilines is 1. The first-order valence-corrected chi connectivity index (χ1v) is 13.9. The molecule has 0 spiro atoms. The first-order valence-electron chi connectivity index (χ1n) is 12.1. The number of hydrogen-bond donors (Lipinski definition) is 1. The molecular formula is C25H31FN4O7S. The number of methoxy groups -OCH3 is 1. The van der Waals surface area contributed by atoms with Gasteiger partial charge in [-0.25, -0.2) is 12.8 Å². The van der Waals surface area contributed by atoms with Gasteiger partial charge in [-0.15, -0.1) is 0 Å². The minimum absolute atomic E-state index is 0.0125. The molecule has 1 atom stereocenters. The van der Waals surface area contributed by atoms with Gasteiger partial charge in [0.15, 0.2) is 0 Å². The number of carbonyl (C=O) groups excluding carboxylic acids is 2. The summed E-state index contributed by atoms with van der Waals surface area (Å²) in [5.41, 5.74) is -0.485. The number of nitro benzene ring substituents is 1. The summed E-state index contributed by atoms with van der Waals surface area (Å²) >= 11 is 0. The van der Waals surface area contributed by atoms with E-state index < -0.39 is 50.9 Å². The molecule has 0 saturated heterocycles. The fourth-order valence-electron chi connectivity index (χ4n) is 4.37.